The maximum absolute atomic E-state index is 4.44. The minimum Gasteiger partial charge on any atom is -0.442 e. The predicted molar refractivity (Wildman–Crippen MR) is 277 cm³/mol. The van der Waals surface area contributed by atoms with Crippen LogP contribution in [0, 0.1) is 12.1 Å². The van der Waals surface area contributed by atoms with Crippen LogP contribution in [0.5, 0.6) is 0 Å². The number of nitrogens with zero attached hydrogens (tertiary/aromatic N) is 6. The van der Waals surface area contributed by atoms with Gasteiger partial charge in [-0.15, -0.1) is 58.7 Å². The second kappa shape index (κ2) is 20.1. The van der Waals surface area contributed by atoms with Crippen molar-refractivity contribution in [3.05, 3.63) is 241 Å². The molecule has 6 aromatic heterocycles. The first-order chi connectivity index (χ1) is 33.3. The van der Waals surface area contributed by atoms with Gasteiger partial charge < -0.3 is 29.9 Å². The molecule has 0 saturated carbocycles. The molecule has 8 heteroatoms. The molecule has 6 aromatic carbocycles. The van der Waals surface area contributed by atoms with Gasteiger partial charge in [0.25, 0.3) is 0 Å². The van der Waals surface area contributed by atoms with E-state index in [1.165, 1.54) is 55.3 Å². The molecule has 0 amide bonds. The van der Waals surface area contributed by atoms with Gasteiger partial charge in [-0.25, -0.2) is 0 Å². The molecule has 0 bridgehead atoms. The van der Waals surface area contributed by atoms with Gasteiger partial charge in [-0.3, -0.25) is 0 Å². The van der Waals surface area contributed by atoms with Crippen molar-refractivity contribution in [3.8, 4) is 44.8 Å². The van der Waals surface area contributed by atoms with Gasteiger partial charge in [0.15, 0.2) is 0 Å². The number of hydrogen-bond donors (Lipinski definition) is 0. The fourth-order valence-electron chi connectivity index (χ4n) is 9.84. The third-order valence-corrected chi connectivity index (χ3v) is 13.3. The summed E-state index contributed by atoms with van der Waals surface area (Å²) in [6, 6.07) is 69.1. The number of para-hydroxylation sites is 2. The van der Waals surface area contributed by atoms with Crippen molar-refractivity contribution >= 4 is 43.9 Å². The third kappa shape index (κ3) is 8.88. The summed E-state index contributed by atoms with van der Waals surface area (Å²) in [5.74, 6) is 0. The van der Waals surface area contributed by atoms with Gasteiger partial charge in [-0.1, -0.05) is 219 Å². The Labute approximate surface area is 437 Å². The van der Waals surface area contributed by atoms with Crippen molar-refractivity contribution in [1.82, 2.24) is 29.9 Å². The SMILES string of the molecule is CC1(C)c2ccccc2-c2c[c-]c(-c3ccccn3)cc21.CC1(C)c2ccccc2-c2c[c-]c(-c3ccccn3)cc21.[Pt+2].[Pt+2].c1ccc2c(c1)[n-]c1ncccc12.c1ccc2c(c1)[n-]c1ncccc12. The number of pyridine rings is 4. The smallest absolute Gasteiger partial charge is 0.442 e. The molecule has 0 radical (unpaired) electrons. The number of aromatic nitrogens is 6. The monoisotopic (exact) mass is 1260 g/mol. The van der Waals surface area contributed by atoms with Gasteiger partial charge in [0, 0.05) is 12.4 Å². The molecule has 0 atom stereocenters. The predicted octanol–water partition coefficient (Wildman–Crippen LogP) is 14.4. The number of rotatable bonds is 2. The summed E-state index contributed by atoms with van der Waals surface area (Å²) in [5, 5.41) is 4.65. The maximum atomic E-state index is 4.44. The van der Waals surface area contributed by atoms with Crippen molar-refractivity contribution in [2.75, 3.05) is 0 Å². The molecule has 14 rings (SSSR count). The molecule has 2 aliphatic carbocycles. The average molecular weight is 1270 g/mol. The van der Waals surface area contributed by atoms with Crippen LogP contribution < -0.4 is 9.97 Å². The zero-order chi connectivity index (χ0) is 46.2. The van der Waals surface area contributed by atoms with E-state index in [2.05, 4.69) is 167 Å². The summed E-state index contributed by atoms with van der Waals surface area (Å²) < 4.78 is 0. The van der Waals surface area contributed by atoms with Crippen molar-refractivity contribution in [3.63, 3.8) is 0 Å². The third-order valence-electron chi connectivity index (χ3n) is 13.3. The summed E-state index contributed by atoms with van der Waals surface area (Å²) in [4.78, 5) is 26.1. The average Bonchev–Trinajstić information content (AvgIpc) is 4.10. The first-order valence-electron chi connectivity index (χ1n) is 22.9. The van der Waals surface area contributed by atoms with E-state index < -0.39 is 0 Å². The topological polar surface area (TPSA) is 79.8 Å². The first kappa shape index (κ1) is 47.9. The van der Waals surface area contributed by atoms with Crippen LogP contribution in [0.25, 0.3) is 88.6 Å². The summed E-state index contributed by atoms with van der Waals surface area (Å²) in [6.07, 6.45) is 7.20. The fraction of sp³-hybridized carbons (Fsp3) is 0.0968. The van der Waals surface area contributed by atoms with Gasteiger partial charge in [-0.2, -0.15) is 0 Å². The largest absolute Gasteiger partial charge is 2.00 e. The van der Waals surface area contributed by atoms with E-state index in [1.54, 1.807) is 12.4 Å². The Bertz CT molecular complexity index is 3420. The Kier molecular flexibility index (Phi) is 13.8. The Morgan fingerprint density at radius 3 is 1.16 bits per heavy atom. The summed E-state index contributed by atoms with van der Waals surface area (Å²) in [5.41, 5.74) is 18.7. The second-order valence-electron chi connectivity index (χ2n) is 18.1. The van der Waals surface area contributed by atoms with Gasteiger partial charge in [0.2, 0.25) is 0 Å². The normalized spacial score (nSPS) is 12.9. The van der Waals surface area contributed by atoms with E-state index in [1.807, 2.05) is 97.3 Å². The van der Waals surface area contributed by atoms with E-state index >= 15 is 0 Å². The molecular formula is C62H46N6Pt2. The van der Waals surface area contributed by atoms with Gasteiger partial charge in [0.1, 0.15) is 0 Å². The Hall–Kier alpha value is -7.10. The van der Waals surface area contributed by atoms with Crippen molar-refractivity contribution < 1.29 is 42.1 Å². The van der Waals surface area contributed by atoms with Gasteiger partial charge >= 0.3 is 42.1 Å². The zero-order valence-corrected chi connectivity index (χ0v) is 43.5. The summed E-state index contributed by atoms with van der Waals surface area (Å²) in [7, 11) is 0. The van der Waals surface area contributed by atoms with Crippen LogP contribution in [-0.4, -0.2) is 19.9 Å². The number of fused-ring (bicyclic) bond motifs is 12. The van der Waals surface area contributed by atoms with Crippen LogP contribution in [0.1, 0.15) is 49.9 Å². The Balaban J connectivity index is 0.000000117. The minimum absolute atomic E-state index is 0. The van der Waals surface area contributed by atoms with Crippen LogP contribution in [0.3, 0.4) is 0 Å². The Morgan fingerprint density at radius 2 is 0.729 bits per heavy atom. The van der Waals surface area contributed by atoms with E-state index in [4.69, 9.17) is 0 Å². The Morgan fingerprint density at radius 1 is 0.357 bits per heavy atom. The standard InChI is InChI=1S/2C20H16N.2C11H7N2.2Pt/c2*1-20(2)17-8-4-3-7-15(17)16-11-10-14(13-18(16)20)19-9-5-6-12-21-19;2*1-2-6-10-8(4-1)9-5-3-7-12-11(9)13-10;;/h2*3-9,11-13H,1-2H3;2*1-7H;;/q4*-1;2*+2. The molecule has 0 fully saturated rings. The van der Waals surface area contributed by atoms with Crippen molar-refractivity contribution in [1.29, 1.82) is 0 Å². The van der Waals surface area contributed by atoms with E-state index in [0.29, 0.717) is 0 Å². The van der Waals surface area contributed by atoms with Crippen molar-refractivity contribution in [2.24, 2.45) is 0 Å². The van der Waals surface area contributed by atoms with E-state index in [-0.39, 0.29) is 53.0 Å². The van der Waals surface area contributed by atoms with E-state index in [0.717, 1.165) is 55.6 Å². The second-order valence-corrected chi connectivity index (χ2v) is 18.1. The molecule has 70 heavy (non-hydrogen) atoms. The molecule has 0 saturated heterocycles. The molecule has 344 valence electrons. The minimum atomic E-state index is 0. The summed E-state index contributed by atoms with van der Waals surface area (Å²) in [6.45, 7) is 9.17. The first-order valence-corrected chi connectivity index (χ1v) is 22.9. The molecule has 0 spiro atoms. The van der Waals surface area contributed by atoms with Crippen LogP contribution in [0.4, 0.5) is 0 Å². The molecule has 0 aliphatic heterocycles. The summed E-state index contributed by atoms with van der Waals surface area (Å²) >= 11 is 0. The van der Waals surface area contributed by atoms with Gasteiger partial charge in [-0.05, 0) is 78.1 Å². The zero-order valence-electron chi connectivity index (χ0n) is 38.9. The number of hydrogen-bond acceptors (Lipinski definition) is 4. The molecule has 0 unspecified atom stereocenters. The van der Waals surface area contributed by atoms with Crippen LogP contribution >= 0.6 is 0 Å². The molecule has 6 nitrogen and oxygen atoms in total. The van der Waals surface area contributed by atoms with Crippen LogP contribution in [-0.2, 0) is 53.0 Å². The molecule has 6 heterocycles. The van der Waals surface area contributed by atoms with Crippen LogP contribution in [0.2, 0.25) is 0 Å². The molecule has 0 N–H and O–H groups in total. The van der Waals surface area contributed by atoms with E-state index in [9.17, 15) is 0 Å². The quantitative estimate of drug-likeness (QED) is 0.160. The fourth-order valence-corrected chi connectivity index (χ4v) is 9.84. The molecular weight excluding hydrogens is 1220 g/mol. The molecule has 2 aliphatic rings. The van der Waals surface area contributed by atoms with Crippen molar-refractivity contribution in [2.45, 2.75) is 38.5 Å². The maximum Gasteiger partial charge on any atom is 2.00 e. The number of benzene rings is 6. The van der Waals surface area contributed by atoms with Gasteiger partial charge in [0.05, 0.1) is 0 Å². The molecule has 12 aromatic rings. The van der Waals surface area contributed by atoms with Crippen LogP contribution in [0.15, 0.2) is 207 Å².